The van der Waals surface area contributed by atoms with E-state index in [1.54, 1.807) is 12.1 Å². The molecular formula is C14H22ClN3O. The quantitative estimate of drug-likeness (QED) is 0.325. The maximum absolute atomic E-state index is 8.62. The highest BCUT2D eigenvalue weighted by molar-refractivity contribution is 6.31. The summed E-state index contributed by atoms with van der Waals surface area (Å²) in [6.07, 6.45) is 1.14. The number of hydrogen-bond acceptors (Lipinski definition) is 3. The summed E-state index contributed by atoms with van der Waals surface area (Å²) < 4.78 is 0. The van der Waals surface area contributed by atoms with Gasteiger partial charge >= 0.3 is 0 Å². The third-order valence-electron chi connectivity index (χ3n) is 3.57. The van der Waals surface area contributed by atoms with Crippen molar-refractivity contribution in [1.82, 2.24) is 5.32 Å². The van der Waals surface area contributed by atoms with Crippen molar-refractivity contribution in [3.05, 3.63) is 34.3 Å². The SMILES string of the molecule is CCC(C)C(C)NCc1ccc(/C(N)=N/O)cc1Cl. The zero-order valence-electron chi connectivity index (χ0n) is 11.7. The van der Waals surface area contributed by atoms with Gasteiger partial charge in [-0.05, 0) is 24.5 Å². The van der Waals surface area contributed by atoms with Crippen LogP contribution in [0.25, 0.3) is 0 Å². The summed E-state index contributed by atoms with van der Waals surface area (Å²) in [5.74, 6) is 0.685. The van der Waals surface area contributed by atoms with E-state index < -0.39 is 0 Å². The van der Waals surface area contributed by atoms with Gasteiger partial charge in [-0.2, -0.15) is 0 Å². The first-order valence-corrected chi connectivity index (χ1v) is 6.87. The fourth-order valence-corrected chi connectivity index (χ4v) is 1.98. The van der Waals surface area contributed by atoms with Gasteiger partial charge in [-0.1, -0.05) is 49.2 Å². The van der Waals surface area contributed by atoms with E-state index in [0.29, 0.717) is 29.1 Å². The van der Waals surface area contributed by atoms with Crippen molar-refractivity contribution < 1.29 is 5.21 Å². The van der Waals surface area contributed by atoms with E-state index in [4.69, 9.17) is 22.5 Å². The number of nitrogens with two attached hydrogens (primary N) is 1. The number of halogens is 1. The van der Waals surface area contributed by atoms with E-state index in [1.807, 2.05) is 6.07 Å². The topological polar surface area (TPSA) is 70.6 Å². The molecular weight excluding hydrogens is 262 g/mol. The minimum absolute atomic E-state index is 0.0642. The van der Waals surface area contributed by atoms with E-state index in [9.17, 15) is 0 Å². The molecule has 0 amide bonds. The first-order valence-electron chi connectivity index (χ1n) is 6.49. The molecule has 0 saturated carbocycles. The molecule has 0 spiro atoms. The Bertz CT molecular complexity index is 448. The Labute approximate surface area is 119 Å². The summed E-state index contributed by atoms with van der Waals surface area (Å²) in [4.78, 5) is 0. The minimum atomic E-state index is 0.0642. The first kappa shape index (κ1) is 15.8. The normalized spacial score (nSPS) is 15.3. The van der Waals surface area contributed by atoms with Crippen LogP contribution in [0.1, 0.15) is 38.3 Å². The molecule has 0 saturated heterocycles. The zero-order chi connectivity index (χ0) is 14.4. The summed E-state index contributed by atoms with van der Waals surface area (Å²) in [6, 6.07) is 5.84. The second kappa shape index (κ2) is 7.36. The van der Waals surface area contributed by atoms with E-state index in [-0.39, 0.29) is 5.84 Å². The van der Waals surface area contributed by atoms with Crippen molar-refractivity contribution >= 4 is 17.4 Å². The Morgan fingerprint density at radius 1 is 1.47 bits per heavy atom. The van der Waals surface area contributed by atoms with Gasteiger partial charge in [0.15, 0.2) is 5.84 Å². The minimum Gasteiger partial charge on any atom is -0.409 e. The molecule has 1 aromatic carbocycles. The Hall–Kier alpha value is -1.26. The largest absolute Gasteiger partial charge is 0.409 e. The van der Waals surface area contributed by atoms with Crippen molar-refractivity contribution in [1.29, 1.82) is 0 Å². The first-order chi connectivity index (χ1) is 8.99. The second-order valence-corrected chi connectivity index (χ2v) is 5.25. The Morgan fingerprint density at radius 2 is 2.16 bits per heavy atom. The van der Waals surface area contributed by atoms with Gasteiger partial charge in [0.2, 0.25) is 0 Å². The lowest BCUT2D eigenvalue weighted by Crippen LogP contribution is -2.31. The second-order valence-electron chi connectivity index (χ2n) is 4.85. The highest BCUT2D eigenvalue weighted by Crippen LogP contribution is 2.18. The number of nitrogens with one attached hydrogen (secondary N) is 1. The van der Waals surface area contributed by atoms with E-state index >= 15 is 0 Å². The lowest BCUT2D eigenvalue weighted by atomic mass is 10.0. The number of rotatable bonds is 6. The van der Waals surface area contributed by atoms with Gasteiger partial charge in [0, 0.05) is 23.2 Å². The summed E-state index contributed by atoms with van der Waals surface area (Å²) in [6.45, 7) is 7.29. The molecule has 0 heterocycles. The van der Waals surface area contributed by atoms with Crippen molar-refractivity contribution in [2.75, 3.05) is 0 Å². The monoisotopic (exact) mass is 283 g/mol. The number of benzene rings is 1. The van der Waals surface area contributed by atoms with E-state index in [1.165, 1.54) is 0 Å². The fraction of sp³-hybridized carbons (Fsp3) is 0.500. The van der Waals surface area contributed by atoms with Crippen LogP contribution in [0.2, 0.25) is 5.02 Å². The highest BCUT2D eigenvalue weighted by atomic mass is 35.5. The number of oxime groups is 1. The van der Waals surface area contributed by atoms with Crippen LogP contribution < -0.4 is 11.1 Å². The maximum Gasteiger partial charge on any atom is 0.170 e. The molecule has 0 bridgehead atoms. The van der Waals surface area contributed by atoms with Gasteiger partial charge in [-0.25, -0.2) is 0 Å². The predicted molar refractivity (Wildman–Crippen MR) is 79.7 cm³/mol. The molecule has 4 nitrogen and oxygen atoms in total. The van der Waals surface area contributed by atoms with Crippen molar-refractivity contribution in [2.24, 2.45) is 16.8 Å². The molecule has 0 fully saturated rings. The molecule has 1 rings (SSSR count). The molecule has 0 aliphatic carbocycles. The van der Waals surface area contributed by atoms with Gasteiger partial charge in [-0.3, -0.25) is 0 Å². The van der Waals surface area contributed by atoms with Gasteiger partial charge in [0.1, 0.15) is 0 Å². The number of hydrogen-bond donors (Lipinski definition) is 3. The summed E-state index contributed by atoms with van der Waals surface area (Å²) in [5, 5.41) is 15.7. The molecule has 2 atom stereocenters. The molecule has 0 aliphatic rings. The molecule has 0 aromatic heterocycles. The van der Waals surface area contributed by atoms with Crippen LogP contribution in [0.5, 0.6) is 0 Å². The molecule has 1 aromatic rings. The van der Waals surface area contributed by atoms with Crippen LogP contribution in [0.4, 0.5) is 0 Å². The van der Waals surface area contributed by atoms with Crippen LogP contribution in [0.3, 0.4) is 0 Å². The van der Waals surface area contributed by atoms with E-state index in [0.717, 1.165) is 12.0 Å². The van der Waals surface area contributed by atoms with Crippen LogP contribution in [-0.2, 0) is 6.54 Å². The molecule has 106 valence electrons. The van der Waals surface area contributed by atoms with Crippen LogP contribution in [0.15, 0.2) is 23.4 Å². The molecule has 0 aliphatic heterocycles. The number of amidine groups is 1. The van der Waals surface area contributed by atoms with Crippen LogP contribution in [0, 0.1) is 5.92 Å². The standard InChI is InChI=1S/C14H22ClN3O/c1-4-9(2)10(3)17-8-12-6-5-11(7-13(12)15)14(16)18-19/h5-7,9-10,17,19H,4,8H2,1-3H3,(H2,16,18). The molecule has 0 radical (unpaired) electrons. The Morgan fingerprint density at radius 3 is 2.68 bits per heavy atom. The Balaban J connectivity index is 2.70. The van der Waals surface area contributed by atoms with Crippen molar-refractivity contribution in [2.45, 2.75) is 39.8 Å². The Kier molecular flexibility index (Phi) is 6.12. The average Bonchev–Trinajstić information content (AvgIpc) is 2.43. The third-order valence-corrected chi connectivity index (χ3v) is 3.92. The highest BCUT2D eigenvalue weighted by Gasteiger charge is 2.11. The van der Waals surface area contributed by atoms with Gasteiger partial charge in [0.25, 0.3) is 0 Å². The lowest BCUT2D eigenvalue weighted by molar-refractivity contribution is 0.318. The molecule has 2 unspecified atom stereocenters. The van der Waals surface area contributed by atoms with Crippen LogP contribution >= 0.6 is 11.6 Å². The molecule has 5 heteroatoms. The van der Waals surface area contributed by atoms with Gasteiger partial charge in [-0.15, -0.1) is 0 Å². The average molecular weight is 284 g/mol. The van der Waals surface area contributed by atoms with Gasteiger partial charge in [0.05, 0.1) is 0 Å². The summed E-state index contributed by atoms with van der Waals surface area (Å²) >= 11 is 6.20. The van der Waals surface area contributed by atoms with Crippen LogP contribution in [-0.4, -0.2) is 17.1 Å². The molecule has 4 N–H and O–H groups in total. The zero-order valence-corrected chi connectivity index (χ0v) is 12.4. The molecule has 19 heavy (non-hydrogen) atoms. The third kappa shape index (κ3) is 4.40. The van der Waals surface area contributed by atoms with Crippen molar-refractivity contribution in [3.8, 4) is 0 Å². The summed E-state index contributed by atoms with van der Waals surface area (Å²) in [5.41, 5.74) is 7.14. The lowest BCUT2D eigenvalue weighted by Gasteiger charge is -2.20. The number of nitrogens with zero attached hydrogens (tertiary/aromatic N) is 1. The van der Waals surface area contributed by atoms with Crippen molar-refractivity contribution in [3.63, 3.8) is 0 Å². The fourth-order valence-electron chi connectivity index (χ4n) is 1.73. The maximum atomic E-state index is 8.62. The van der Waals surface area contributed by atoms with E-state index in [2.05, 4.69) is 31.2 Å². The van der Waals surface area contributed by atoms with Gasteiger partial charge < -0.3 is 16.3 Å². The predicted octanol–water partition coefficient (Wildman–Crippen LogP) is 2.96. The summed E-state index contributed by atoms with van der Waals surface area (Å²) in [7, 11) is 0. The smallest absolute Gasteiger partial charge is 0.170 e.